The van der Waals surface area contributed by atoms with Crippen molar-refractivity contribution in [3.05, 3.63) is 35.5 Å². The first kappa shape index (κ1) is 12.7. The van der Waals surface area contributed by atoms with Gasteiger partial charge in [0.2, 0.25) is 0 Å². The average Bonchev–Trinajstić information content (AvgIpc) is 3.17. The second-order valence-corrected chi connectivity index (χ2v) is 6.17. The van der Waals surface area contributed by atoms with Crippen LogP contribution >= 0.6 is 0 Å². The van der Waals surface area contributed by atoms with Gasteiger partial charge in [-0.25, -0.2) is 0 Å². The molecule has 0 amide bonds. The summed E-state index contributed by atoms with van der Waals surface area (Å²) < 4.78 is 0. The molecule has 0 bridgehead atoms. The molecular weight excluding hydrogens is 232 g/mol. The lowest BCUT2D eigenvalue weighted by atomic mass is 10.1. The Hall–Kier alpha value is -1.28. The molecule has 0 radical (unpaired) electrons. The maximum atomic E-state index is 3.38. The van der Waals surface area contributed by atoms with Crippen LogP contribution < -0.4 is 0 Å². The molecule has 0 saturated heterocycles. The van der Waals surface area contributed by atoms with Gasteiger partial charge in [-0.1, -0.05) is 11.6 Å². The second kappa shape index (κ2) is 5.01. The number of fused-ring (bicyclic) bond motifs is 1. The SMILES string of the molecule is Cc1ccc2[nH]cc(CCN(C)C(C)C3CC3)c2c1. The van der Waals surface area contributed by atoms with Crippen molar-refractivity contribution in [3.63, 3.8) is 0 Å². The minimum atomic E-state index is 0.743. The summed E-state index contributed by atoms with van der Waals surface area (Å²) in [6.07, 6.45) is 6.17. The molecule has 2 nitrogen and oxygen atoms in total. The lowest BCUT2D eigenvalue weighted by Crippen LogP contribution is -2.32. The molecule has 1 N–H and O–H groups in total. The molecule has 0 aliphatic heterocycles. The van der Waals surface area contributed by atoms with Crippen molar-refractivity contribution in [3.8, 4) is 0 Å². The third kappa shape index (κ3) is 2.69. The smallest absolute Gasteiger partial charge is 0.0456 e. The number of nitrogens with one attached hydrogen (secondary N) is 1. The van der Waals surface area contributed by atoms with E-state index in [0.29, 0.717) is 0 Å². The summed E-state index contributed by atoms with van der Waals surface area (Å²) in [4.78, 5) is 5.91. The number of hydrogen-bond acceptors (Lipinski definition) is 1. The standard InChI is InChI=1S/C17H24N2/c1-12-4-7-17-16(10-12)15(11-18-17)8-9-19(3)13(2)14-5-6-14/h4,7,10-11,13-14,18H,5-6,8-9H2,1-3H3. The minimum absolute atomic E-state index is 0.743. The highest BCUT2D eigenvalue weighted by molar-refractivity contribution is 5.83. The maximum absolute atomic E-state index is 3.38. The van der Waals surface area contributed by atoms with E-state index in [-0.39, 0.29) is 0 Å². The number of H-pyrrole nitrogens is 1. The number of aromatic amines is 1. The van der Waals surface area contributed by atoms with E-state index in [0.717, 1.165) is 24.9 Å². The molecule has 1 aliphatic carbocycles. The quantitative estimate of drug-likeness (QED) is 0.863. The predicted molar refractivity (Wildman–Crippen MR) is 81.6 cm³/mol. The van der Waals surface area contributed by atoms with Crippen molar-refractivity contribution in [2.75, 3.05) is 13.6 Å². The van der Waals surface area contributed by atoms with Gasteiger partial charge in [-0.3, -0.25) is 0 Å². The van der Waals surface area contributed by atoms with E-state index in [2.05, 4.69) is 55.2 Å². The van der Waals surface area contributed by atoms with Crippen molar-refractivity contribution in [2.45, 2.75) is 39.2 Å². The Labute approximate surface area is 115 Å². The number of aromatic nitrogens is 1. The second-order valence-electron chi connectivity index (χ2n) is 6.17. The largest absolute Gasteiger partial charge is 0.361 e. The minimum Gasteiger partial charge on any atom is -0.361 e. The van der Waals surface area contributed by atoms with E-state index in [1.54, 1.807) is 0 Å². The highest BCUT2D eigenvalue weighted by Crippen LogP contribution is 2.34. The molecule has 2 aromatic rings. The maximum Gasteiger partial charge on any atom is 0.0456 e. The van der Waals surface area contributed by atoms with E-state index in [9.17, 15) is 0 Å². The Morgan fingerprint density at radius 3 is 2.89 bits per heavy atom. The normalized spacial score (nSPS) is 17.3. The van der Waals surface area contributed by atoms with Gasteiger partial charge in [0.15, 0.2) is 0 Å². The lowest BCUT2D eigenvalue weighted by Gasteiger charge is -2.24. The van der Waals surface area contributed by atoms with E-state index in [1.165, 1.54) is 34.9 Å². The van der Waals surface area contributed by atoms with Gasteiger partial charge in [-0.2, -0.15) is 0 Å². The molecule has 1 saturated carbocycles. The molecule has 1 unspecified atom stereocenters. The molecule has 3 rings (SSSR count). The topological polar surface area (TPSA) is 19.0 Å². The van der Waals surface area contributed by atoms with Crippen LogP contribution in [0, 0.1) is 12.8 Å². The van der Waals surface area contributed by atoms with Gasteiger partial charge in [0.1, 0.15) is 0 Å². The molecule has 2 heteroatoms. The van der Waals surface area contributed by atoms with Gasteiger partial charge >= 0.3 is 0 Å². The number of rotatable bonds is 5. The Kier molecular flexibility index (Phi) is 3.36. The van der Waals surface area contributed by atoms with E-state index in [4.69, 9.17) is 0 Å². The third-order valence-electron chi connectivity index (χ3n) is 4.66. The fraction of sp³-hybridized carbons (Fsp3) is 0.529. The Morgan fingerprint density at radius 2 is 2.16 bits per heavy atom. The summed E-state index contributed by atoms with van der Waals surface area (Å²) in [7, 11) is 2.27. The first-order chi connectivity index (χ1) is 9.15. The van der Waals surface area contributed by atoms with Gasteiger partial charge < -0.3 is 9.88 Å². The van der Waals surface area contributed by atoms with E-state index >= 15 is 0 Å². The van der Waals surface area contributed by atoms with Gasteiger partial charge in [0.25, 0.3) is 0 Å². The summed E-state index contributed by atoms with van der Waals surface area (Å²) in [5.74, 6) is 0.954. The van der Waals surface area contributed by atoms with Crippen molar-refractivity contribution in [1.29, 1.82) is 0 Å². The zero-order valence-corrected chi connectivity index (χ0v) is 12.2. The van der Waals surface area contributed by atoms with Crippen molar-refractivity contribution >= 4 is 10.9 Å². The summed E-state index contributed by atoms with van der Waals surface area (Å²) in [6.45, 7) is 5.69. The molecule has 1 aromatic carbocycles. The van der Waals surface area contributed by atoms with Crippen molar-refractivity contribution < 1.29 is 0 Å². The monoisotopic (exact) mass is 256 g/mol. The summed E-state index contributed by atoms with van der Waals surface area (Å²) in [6, 6.07) is 7.40. The highest BCUT2D eigenvalue weighted by Gasteiger charge is 2.30. The van der Waals surface area contributed by atoms with Crippen LogP contribution in [0.2, 0.25) is 0 Å². The van der Waals surface area contributed by atoms with Gasteiger partial charge in [-0.05, 0) is 63.8 Å². The van der Waals surface area contributed by atoms with E-state index < -0.39 is 0 Å². The highest BCUT2D eigenvalue weighted by atomic mass is 15.1. The summed E-state index contributed by atoms with van der Waals surface area (Å²) >= 11 is 0. The molecule has 1 heterocycles. The molecule has 0 spiro atoms. The Bertz CT molecular complexity index is 566. The Balaban J connectivity index is 1.69. The predicted octanol–water partition coefficient (Wildman–Crippen LogP) is 3.75. The van der Waals surface area contributed by atoms with Crippen LogP contribution in [-0.4, -0.2) is 29.5 Å². The van der Waals surface area contributed by atoms with Gasteiger partial charge in [0, 0.05) is 29.7 Å². The first-order valence-corrected chi connectivity index (χ1v) is 7.42. The van der Waals surface area contributed by atoms with Crippen LogP contribution in [0.25, 0.3) is 10.9 Å². The molecule has 102 valence electrons. The first-order valence-electron chi connectivity index (χ1n) is 7.42. The summed E-state index contributed by atoms with van der Waals surface area (Å²) in [5.41, 5.74) is 4.06. The molecule has 19 heavy (non-hydrogen) atoms. The number of nitrogens with zero attached hydrogens (tertiary/aromatic N) is 1. The van der Waals surface area contributed by atoms with E-state index in [1.807, 2.05) is 0 Å². The molecular formula is C17H24N2. The number of hydrogen-bond donors (Lipinski definition) is 1. The third-order valence-corrected chi connectivity index (χ3v) is 4.66. The number of aryl methyl sites for hydroxylation is 1. The molecule has 1 fully saturated rings. The van der Waals surface area contributed by atoms with Gasteiger partial charge in [0.05, 0.1) is 0 Å². The summed E-state index contributed by atoms with van der Waals surface area (Å²) in [5, 5.41) is 1.40. The zero-order valence-electron chi connectivity index (χ0n) is 12.2. The number of benzene rings is 1. The van der Waals surface area contributed by atoms with Crippen molar-refractivity contribution in [1.82, 2.24) is 9.88 Å². The molecule has 1 aliphatic rings. The van der Waals surface area contributed by atoms with Crippen LogP contribution in [-0.2, 0) is 6.42 Å². The number of likely N-dealkylation sites (N-methyl/N-ethyl adjacent to an activating group) is 1. The Morgan fingerprint density at radius 1 is 1.37 bits per heavy atom. The van der Waals surface area contributed by atoms with Crippen LogP contribution in [0.5, 0.6) is 0 Å². The van der Waals surface area contributed by atoms with Crippen LogP contribution in [0.4, 0.5) is 0 Å². The molecule has 1 aromatic heterocycles. The van der Waals surface area contributed by atoms with Gasteiger partial charge in [-0.15, -0.1) is 0 Å². The fourth-order valence-electron chi connectivity index (χ4n) is 2.94. The van der Waals surface area contributed by atoms with Crippen LogP contribution in [0.3, 0.4) is 0 Å². The van der Waals surface area contributed by atoms with Crippen molar-refractivity contribution in [2.24, 2.45) is 5.92 Å². The molecule has 1 atom stereocenters. The lowest BCUT2D eigenvalue weighted by molar-refractivity contribution is 0.237. The average molecular weight is 256 g/mol. The fourth-order valence-corrected chi connectivity index (χ4v) is 2.94. The van der Waals surface area contributed by atoms with Crippen LogP contribution in [0.15, 0.2) is 24.4 Å². The van der Waals surface area contributed by atoms with Crippen LogP contribution in [0.1, 0.15) is 30.9 Å². The zero-order chi connectivity index (χ0) is 13.4.